The molecule has 0 spiro atoms. The van der Waals surface area contributed by atoms with E-state index in [0.717, 1.165) is 0 Å². The maximum absolute atomic E-state index is 12.0. The van der Waals surface area contributed by atoms with E-state index < -0.39 is 31.2 Å². The molecule has 0 aromatic rings. The molecule has 0 aliphatic rings. The fourth-order valence-electron chi connectivity index (χ4n) is 0.360. The highest BCUT2D eigenvalue weighted by Crippen LogP contribution is 2.36. The standard InChI is InChI=1S/C5H4F8O2/c6-3(7,5(11,12)13)1-15-2(14)4(8,9)10/h2,14H,1H2. The molecule has 2 nitrogen and oxygen atoms in total. The summed E-state index contributed by atoms with van der Waals surface area (Å²) in [6.45, 7) is -2.60. The molecule has 0 aromatic heterocycles. The first kappa shape index (κ1) is 14.4. The van der Waals surface area contributed by atoms with E-state index in [1.165, 1.54) is 0 Å². The lowest BCUT2D eigenvalue weighted by Gasteiger charge is -2.22. The van der Waals surface area contributed by atoms with Crippen LogP contribution in [-0.4, -0.2) is 36.3 Å². The number of hydrogen-bond acceptors (Lipinski definition) is 2. The van der Waals surface area contributed by atoms with Gasteiger partial charge in [0.25, 0.3) is 6.29 Å². The van der Waals surface area contributed by atoms with E-state index >= 15 is 0 Å². The zero-order chi connectivity index (χ0) is 12.5. The number of aliphatic hydroxyl groups is 1. The lowest BCUT2D eigenvalue weighted by molar-refractivity contribution is -0.340. The largest absolute Gasteiger partial charge is 0.455 e. The zero-order valence-electron chi connectivity index (χ0n) is 6.66. The van der Waals surface area contributed by atoms with Crippen molar-refractivity contribution in [2.75, 3.05) is 6.61 Å². The topological polar surface area (TPSA) is 29.5 Å². The molecular formula is C5H4F8O2. The molecular weight excluding hydrogens is 244 g/mol. The van der Waals surface area contributed by atoms with Crippen LogP contribution in [0, 0.1) is 0 Å². The molecule has 0 radical (unpaired) electrons. The van der Waals surface area contributed by atoms with Crippen molar-refractivity contribution in [3.63, 3.8) is 0 Å². The summed E-state index contributed by atoms with van der Waals surface area (Å²) < 4.78 is 95.3. The Morgan fingerprint density at radius 1 is 0.933 bits per heavy atom. The molecule has 0 saturated heterocycles. The van der Waals surface area contributed by atoms with Gasteiger partial charge < -0.3 is 9.84 Å². The van der Waals surface area contributed by atoms with Crippen LogP contribution in [-0.2, 0) is 4.74 Å². The summed E-state index contributed by atoms with van der Waals surface area (Å²) in [5.41, 5.74) is 0. The highest BCUT2D eigenvalue weighted by Gasteiger charge is 2.58. The van der Waals surface area contributed by atoms with Crippen LogP contribution in [0.1, 0.15) is 0 Å². The quantitative estimate of drug-likeness (QED) is 0.612. The van der Waals surface area contributed by atoms with Crippen molar-refractivity contribution in [3.05, 3.63) is 0 Å². The maximum Gasteiger partial charge on any atom is 0.455 e. The van der Waals surface area contributed by atoms with Gasteiger partial charge in [-0.3, -0.25) is 0 Å². The third kappa shape index (κ3) is 4.16. The number of halogens is 8. The lowest BCUT2D eigenvalue weighted by Crippen LogP contribution is -2.44. The summed E-state index contributed by atoms with van der Waals surface area (Å²) in [7, 11) is 0. The minimum Gasteiger partial charge on any atom is -0.361 e. The summed E-state index contributed by atoms with van der Waals surface area (Å²) in [5, 5.41) is 7.97. The van der Waals surface area contributed by atoms with Gasteiger partial charge in [-0.15, -0.1) is 0 Å². The van der Waals surface area contributed by atoms with Crippen LogP contribution < -0.4 is 0 Å². The Morgan fingerprint density at radius 2 is 1.33 bits per heavy atom. The van der Waals surface area contributed by atoms with Gasteiger partial charge in [0.2, 0.25) is 0 Å². The third-order valence-corrected chi connectivity index (χ3v) is 1.12. The van der Waals surface area contributed by atoms with Crippen molar-refractivity contribution in [1.82, 2.24) is 0 Å². The molecule has 0 aliphatic heterocycles. The fraction of sp³-hybridized carbons (Fsp3) is 1.00. The second kappa shape index (κ2) is 4.08. The molecule has 0 fully saturated rings. The SMILES string of the molecule is OC(OCC(F)(F)C(F)(F)F)C(F)(F)F. The lowest BCUT2D eigenvalue weighted by atomic mass is 10.3. The molecule has 0 amide bonds. The normalized spacial score (nSPS) is 16.6. The van der Waals surface area contributed by atoms with Crippen LogP contribution in [0.15, 0.2) is 0 Å². The Kier molecular flexibility index (Phi) is 3.91. The first-order chi connectivity index (χ1) is 6.38. The van der Waals surface area contributed by atoms with E-state index in [1.807, 2.05) is 0 Å². The Morgan fingerprint density at radius 3 is 1.60 bits per heavy atom. The van der Waals surface area contributed by atoms with Crippen molar-refractivity contribution in [3.8, 4) is 0 Å². The number of alkyl halides is 8. The van der Waals surface area contributed by atoms with Gasteiger partial charge in [-0.05, 0) is 0 Å². The molecule has 0 aromatic carbocycles. The van der Waals surface area contributed by atoms with Crippen LogP contribution in [0.2, 0.25) is 0 Å². The van der Waals surface area contributed by atoms with E-state index in [4.69, 9.17) is 5.11 Å². The average Bonchev–Trinajstić information content (AvgIpc) is 1.96. The zero-order valence-corrected chi connectivity index (χ0v) is 6.66. The fourth-order valence-corrected chi connectivity index (χ4v) is 0.360. The minimum atomic E-state index is -6.03. The molecule has 0 saturated carbocycles. The van der Waals surface area contributed by atoms with Gasteiger partial charge in [-0.2, -0.15) is 35.1 Å². The predicted octanol–water partition coefficient (Wildman–Crippen LogP) is 2.08. The van der Waals surface area contributed by atoms with E-state index in [0.29, 0.717) is 0 Å². The van der Waals surface area contributed by atoms with Crippen molar-refractivity contribution in [1.29, 1.82) is 0 Å². The van der Waals surface area contributed by atoms with Crippen molar-refractivity contribution in [2.24, 2.45) is 0 Å². The Balaban J connectivity index is 4.29. The Bertz CT molecular complexity index is 206. The molecule has 10 heteroatoms. The summed E-state index contributed by atoms with van der Waals surface area (Å²) in [6, 6.07) is 0. The molecule has 1 atom stereocenters. The summed E-state index contributed by atoms with van der Waals surface area (Å²) in [4.78, 5) is 0. The van der Waals surface area contributed by atoms with Crippen molar-refractivity contribution < 1.29 is 45.0 Å². The van der Waals surface area contributed by atoms with E-state index in [-0.39, 0.29) is 0 Å². The van der Waals surface area contributed by atoms with Crippen LogP contribution in [0.4, 0.5) is 35.1 Å². The van der Waals surface area contributed by atoms with Crippen molar-refractivity contribution in [2.45, 2.75) is 24.6 Å². The second-order valence-electron chi connectivity index (χ2n) is 2.41. The molecule has 0 heterocycles. The van der Waals surface area contributed by atoms with E-state index in [2.05, 4.69) is 4.74 Å². The summed E-state index contributed by atoms with van der Waals surface area (Å²) >= 11 is 0. The number of aliphatic hydroxyl groups excluding tert-OH is 1. The second-order valence-corrected chi connectivity index (χ2v) is 2.41. The third-order valence-electron chi connectivity index (χ3n) is 1.12. The van der Waals surface area contributed by atoms with E-state index in [9.17, 15) is 35.1 Å². The average molecular weight is 248 g/mol. The number of rotatable bonds is 3. The number of hydrogen-bond donors (Lipinski definition) is 1. The number of ether oxygens (including phenoxy) is 1. The monoisotopic (exact) mass is 248 g/mol. The predicted molar refractivity (Wildman–Crippen MR) is 29.0 cm³/mol. The highest BCUT2D eigenvalue weighted by atomic mass is 19.4. The minimum absolute atomic E-state index is 2.60. The smallest absolute Gasteiger partial charge is 0.361 e. The van der Waals surface area contributed by atoms with Gasteiger partial charge in [0.05, 0.1) is 0 Å². The highest BCUT2D eigenvalue weighted by molar-refractivity contribution is 4.75. The Labute approximate surface area is 77.4 Å². The molecule has 0 aliphatic carbocycles. The summed E-state index contributed by atoms with van der Waals surface area (Å²) in [6.07, 6.45) is -15.1. The van der Waals surface area contributed by atoms with Crippen LogP contribution in [0.5, 0.6) is 0 Å². The molecule has 0 bridgehead atoms. The van der Waals surface area contributed by atoms with Crippen LogP contribution in [0.3, 0.4) is 0 Å². The van der Waals surface area contributed by atoms with Gasteiger partial charge >= 0.3 is 18.3 Å². The van der Waals surface area contributed by atoms with Gasteiger partial charge in [0.15, 0.2) is 0 Å². The molecule has 0 rings (SSSR count). The molecule has 92 valence electrons. The summed E-state index contributed by atoms with van der Waals surface area (Å²) in [5.74, 6) is -5.45. The van der Waals surface area contributed by atoms with E-state index in [1.54, 1.807) is 0 Å². The van der Waals surface area contributed by atoms with Crippen LogP contribution in [0.25, 0.3) is 0 Å². The first-order valence-electron chi connectivity index (χ1n) is 3.19. The first-order valence-corrected chi connectivity index (χ1v) is 3.19. The van der Waals surface area contributed by atoms with Gasteiger partial charge in [0, 0.05) is 0 Å². The van der Waals surface area contributed by atoms with Gasteiger partial charge in [-0.1, -0.05) is 0 Å². The maximum atomic E-state index is 12.0. The molecule has 1 N–H and O–H groups in total. The van der Waals surface area contributed by atoms with Gasteiger partial charge in [0.1, 0.15) is 6.61 Å². The Hall–Kier alpha value is -0.640. The molecule has 1 unspecified atom stereocenters. The van der Waals surface area contributed by atoms with Crippen LogP contribution >= 0.6 is 0 Å². The van der Waals surface area contributed by atoms with Crippen molar-refractivity contribution >= 4 is 0 Å². The molecule has 15 heavy (non-hydrogen) atoms. The van der Waals surface area contributed by atoms with Gasteiger partial charge in [-0.25, -0.2) is 0 Å².